The maximum atomic E-state index is 15.3. The van der Waals surface area contributed by atoms with Gasteiger partial charge in [-0.2, -0.15) is 0 Å². The van der Waals surface area contributed by atoms with E-state index in [1.165, 1.54) is 25.0 Å². The number of benzene rings is 4. The molecule has 10 nitrogen and oxygen atoms in total. The lowest BCUT2D eigenvalue weighted by atomic mass is 9.55. The standard InChI is InChI=1S/C57H69FN2O8/c1-2-32-65-57-52(60(38-40-20-24-44(58)25-21-40)53(63)29-22-39-13-3-4-14-39)37-50(59-68-54-19-9-12-33-64-54)48-35-43(17-7-10-30-61)47(18-8-11-31-62)55(56(48)57)49-36-46(27-28-51(49)67-57)66-45-26-23-41-15-5-6-16-42(41)34-45/h2,5-6,15-16,20-21,23-28,34-36,39,43,47,52,54-56,61-62H,1,3-4,7-14,17-19,22,29-33,37-38H2/t43-,47+,52-,54?,55+,56+,57+/m0/s1. The summed E-state index contributed by atoms with van der Waals surface area (Å²) in [6.45, 7) is 5.27. The highest BCUT2D eigenvalue weighted by atomic mass is 19.1. The molecular formula is C57H69FN2O8. The summed E-state index contributed by atoms with van der Waals surface area (Å²) in [6.07, 6.45) is 16.9. The van der Waals surface area contributed by atoms with Crippen molar-refractivity contribution >= 4 is 22.4 Å². The van der Waals surface area contributed by atoms with Crippen LogP contribution in [0.2, 0.25) is 0 Å². The van der Waals surface area contributed by atoms with Crippen LogP contribution in [0.25, 0.3) is 10.8 Å². The highest BCUT2D eigenvalue weighted by molar-refractivity contribution is 6.03. The number of aliphatic hydroxyl groups is 2. The molecule has 3 fully saturated rings. The van der Waals surface area contributed by atoms with Crippen LogP contribution < -0.4 is 9.47 Å². The first-order valence-electron chi connectivity index (χ1n) is 25.4. The Labute approximate surface area is 401 Å². The van der Waals surface area contributed by atoms with Crippen LogP contribution in [0.4, 0.5) is 4.39 Å². The van der Waals surface area contributed by atoms with Gasteiger partial charge >= 0.3 is 0 Å². The van der Waals surface area contributed by atoms with Gasteiger partial charge in [-0.05, 0) is 127 Å². The lowest BCUT2D eigenvalue weighted by Gasteiger charge is -2.60. The molecule has 2 aliphatic heterocycles. The fourth-order valence-corrected chi connectivity index (χ4v) is 11.9. The molecule has 1 amide bonds. The Morgan fingerprint density at radius 3 is 2.38 bits per heavy atom. The summed E-state index contributed by atoms with van der Waals surface area (Å²) in [5.41, 5.74) is 3.46. The molecule has 362 valence electrons. The molecule has 5 aliphatic rings. The van der Waals surface area contributed by atoms with Crippen molar-refractivity contribution in [3.63, 3.8) is 0 Å². The summed E-state index contributed by atoms with van der Waals surface area (Å²) in [5.74, 6) is 0.170. The molecule has 0 aromatic heterocycles. The summed E-state index contributed by atoms with van der Waals surface area (Å²) in [5, 5.41) is 27.4. The van der Waals surface area contributed by atoms with Crippen molar-refractivity contribution < 1.29 is 43.2 Å². The Balaban J connectivity index is 1.22. The smallest absolute Gasteiger partial charge is 0.239 e. The second-order valence-corrected chi connectivity index (χ2v) is 19.6. The molecule has 11 heteroatoms. The average Bonchev–Trinajstić information content (AvgIpc) is 3.90. The third-order valence-electron chi connectivity index (χ3n) is 15.2. The van der Waals surface area contributed by atoms with Crippen LogP contribution in [0.1, 0.15) is 120 Å². The lowest BCUT2D eigenvalue weighted by Crippen LogP contribution is -2.70. The second kappa shape index (κ2) is 22.6. The zero-order valence-corrected chi connectivity index (χ0v) is 39.5. The van der Waals surface area contributed by atoms with Gasteiger partial charge in [0, 0.05) is 50.5 Å². The zero-order chi connectivity index (χ0) is 46.9. The number of rotatable bonds is 21. The third kappa shape index (κ3) is 10.7. The van der Waals surface area contributed by atoms with Crippen molar-refractivity contribution in [2.45, 2.75) is 133 Å². The summed E-state index contributed by atoms with van der Waals surface area (Å²) in [4.78, 5) is 23.6. The van der Waals surface area contributed by atoms with Gasteiger partial charge in [-0.15, -0.1) is 6.58 Å². The van der Waals surface area contributed by atoms with Crippen LogP contribution in [-0.4, -0.2) is 71.3 Å². The summed E-state index contributed by atoms with van der Waals surface area (Å²) in [6, 6.07) is 26.1. The highest BCUT2D eigenvalue weighted by Crippen LogP contribution is 2.62. The van der Waals surface area contributed by atoms with Crippen LogP contribution in [0, 0.1) is 29.5 Å². The molecule has 0 radical (unpaired) electrons. The van der Waals surface area contributed by atoms with Gasteiger partial charge in [0.2, 0.25) is 18.0 Å². The molecule has 1 saturated heterocycles. The predicted molar refractivity (Wildman–Crippen MR) is 262 cm³/mol. The van der Waals surface area contributed by atoms with Gasteiger partial charge in [-0.1, -0.05) is 98.3 Å². The largest absolute Gasteiger partial charge is 0.459 e. The number of ether oxygens (including phenoxy) is 4. The monoisotopic (exact) mass is 929 g/mol. The van der Waals surface area contributed by atoms with Crippen molar-refractivity contribution in [3.05, 3.63) is 126 Å². The second-order valence-electron chi connectivity index (χ2n) is 19.6. The molecule has 7 atom stereocenters. The van der Waals surface area contributed by atoms with Crippen LogP contribution >= 0.6 is 0 Å². The topological polar surface area (TPSA) is 119 Å². The minimum atomic E-state index is -1.42. The van der Waals surface area contributed by atoms with Gasteiger partial charge in [0.05, 0.1) is 24.8 Å². The number of carbonyl (C=O) groups excluding carboxylic acids is 1. The average molecular weight is 929 g/mol. The third-order valence-corrected chi connectivity index (χ3v) is 15.2. The molecule has 2 saturated carbocycles. The van der Waals surface area contributed by atoms with E-state index in [2.05, 4.69) is 43.0 Å². The maximum absolute atomic E-state index is 15.3. The van der Waals surface area contributed by atoms with Crippen molar-refractivity contribution in [1.29, 1.82) is 0 Å². The quantitative estimate of drug-likeness (QED) is 0.0482. The number of oxime groups is 1. The number of hydrogen-bond donors (Lipinski definition) is 2. The highest BCUT2D eigenvalue weighted by Gasteiger charge is 2.65. The number of nitrogens with zero attached hydrogens (tertiary/aromatic N) is 2. The number of halogens is 1. The first kappa shape index (κ1) is 48.0. The molecule has 0 spiro atoms. The van der Waals surface area contributed by atoms with Crippen molar-refractivity contribution in [2.75, 3.05) is 26.4 Å². The number of aliphatic hydroxyl groups excluding tert-OH is 2. The first-order chi connectivity index (χ1) is 33.4. The number of amides is 1. The van der Waals surface area contributed by atoms with Crippen LogP contribution in [0.15, 0.2) is 114 Å². The predicted octanol–water partition coefficient (Wildman–Crippen LogP) is 11.9. The molecule has 3 aliphatic carbocycles. The molecule has 2 N–H and O–H groups in total. The molecule has 9 rings (SSSR count). The molecule has 0 bridgehead atoms. The summed E-state index contributed by atoms with van der Waals surface area (Å²) < 4.78 is 42.1. The van der Waals surface area contributed by atoms with E-state index < -0.39 is 24.0 Å². The lowest BCUT2D eigenvalue weighted by molar-refractivity contribution is -0.258. The maximum Gasteiger partial charge on any atom is 0.239 e. The van der Waals surface area contributed by atoms with E-state index in [9.17, 15) is 14.6 Å². The van der Waals surface area contributed by atoms with Gasteiger partial charge < -0.3 is 38.9 Å². The molecule has 68 heavy (non-hydrogen) atoms. The normalized spacial score (nSPS) is 26.1. The van der Waals surface area contributed by atoms with E-state index in [1.807, 2.05) is 35.2 Å². The Bertz CT molecular complexity index is 2390. The van der Waals surface area contributed by atoms with E-state index in [0.29, 0.717) is 43.3 Å². The van der Waals surface area contributed by atoms with Crippen molar-refractivity contribution in [2.24, 2.45) is 28.8 Å². The summed E-state index contributed by atoms with van der Waals surface area (Å²) in [7, 11) is 0. The van der Waals surface area contributed by atoms with Gasteiger partial charge in [0.25, 0.3) is 0 Å². The molecule has 4 aromatic rings. The van der Waals surface area contributed by atoms with Crippen molar-refractivity contribution in [3.8, 4) is 17.2 Å². The van der Waals surface area contributed by atoms with Gasteiger partial charge in [0.15, 0.2) is 0 Å². The van der Waals surface area contributed by atoms with Gasteiger partial charge in [-0.25, -0.2) is 4.39 Å². The Hall–Kier alpha value is -5.07. The minimum absolute atomic E-state index is 0.0154. The number of allylic oxidation sites excluding steroid dienone is 1. The van der Waals surface area contributed by atoms with Gasteiger partial charge in [0.1, 0.15) is 29.1 Å². The Kier molecular flexibility index (Phi) is 15.9. The first-order valence-corrected chi connectivity index (χ1v) is 25.4. The fraction of sp³-hybridized carbons (Fsp3) is 0.509. The number of carbonyl (C=O) groups is 1. The Morgan fingerprint density at radius 2 is 1.62 bits per heavy atom. The van der Waals surface area contributed by atoms with Crippen LogP contribution in [0.5, 0.6) is 17.2 Å². The molecule has 1 unspecified atom stereocenters. The number of fused-ring (bicyclic) bond motifs is 3. The van der Waals surface area contributed by atoms with Crippen LogP contribution in [0.3, 0.4) is 0 Å². The zero-order valence-electron chi connectivity index (χ0n) is 39.5. The Morgan fingerprint density at radius 1 is 0.868 bits per heavy atom. The summed E-state index contributed by atoms with van der Waals surface area (Å²) >= 11 is 0. The molecule has 4 aromatic carbocycles. The van der Waals surface area contributed by atoms with E-state index in [-0.39, 0.29) is 62.3 Å². The van der Waals surface area contributed by atoms with E-state index in [0.717, 1.165) is 103 Å². The SMILES string of the molecule is C=CCO[C@@]12Oc3ccc(Oc4ccc5ccccc5c4)cc3[C@H]3[C@H](CCCCO)[C@@H](CCCCO)C=C(C(=NOC4CCCCO4)C[C@@H]1N(Cc1ccc(F)cc1)C(=O)CCC1CCCC1)[C@H]32. The molecular weight excluding hydrogens is 860 g/mol. The van der Waals surface area contributed by atoms with Crippen LogP contribution in [-0.2, 0) is 25.7 Å². The van der Waals surface area contributed by atoms with Crippen molar-refractivity contribution in [1.82, 2.24) is 4.90 Å². The van der Waals surface area contributed by atoms with E-state index in [4.69, 9.17) is 28.9 Å². The van der Waals surface area contributed by atoms with Gasteiger partial charge in [-0.3, -0.25) is 4.79 Å². The van der Waals surface area contributed by atoms with E-state index in [1.54, 1.807) is 18.2 Å². The minimum Gasteiger partial charge on any atom is -0.459 e. The number of unbranched alkanes of at least 4 members (excludes halogenated alkanes) is 2. The number of hydrogen-bond acceptors (Lipinski definition) is 9. The van der Waals surface area contributed by atoms with E-state index >= 15 is 4.79 Å². The fourth-order valence-electron chi connectivity index (χ4n) is 11.9. The molecule has 2 heterocycles.